The normalized spacial score (nSPS) is 21.3. The lowest BCUT2D eigenvalue weighted by molar-refractivity contribution is -0.0440. The van der Waals surface area contributed by atoms with Gasteiger partial charge in [-0.1, -0.05) is 0 Å². The zero-order valence-corrected chi connectivity index (χ0v) is 15.4. The summed E-state index contributed by atoms with van der Waals surface area (Å²) in [7, 11) is -3.59. The van der Waals surface area contributed by atoms with E-state index >= 15 is 0 Å². The van der Waals surface area contributed by atoms with Crippen LogP contribution in [0.2, 0.25) is 0 Å². The molecule has 3 rings (SSSR count). The zero-order valence-electron chi connectivity index (χ0n) is 14.6. The number of carbonyl (C=O) groups is 1. The van der Waals surface area contributed by atoms with Gasteiger partial charge in [0.15, 0.2) is 0 Å². The Morgan fingerprint density at radius 1 is 1.08 bits per heavy atom. The molecule has 1 amide bonds. The van der Waals surface area contributed by atoms with E-state index in [1.165, 1.54) is 28.8 Å². The second-order valence-corrected chi connectivity index (χ2v) is 8.23. The van der Waals surface area contributed by atoms with Crippen LogP contribution in [0.4, 0.5) is 5.69 Å². The number of hydrogen-bond donors (Lipinski definition) is 1. The third-order valence-corrected chi connectivity index (χ3v) is 5.92. The number of carbonyl (C=O) groups excluding carboxylic acids is 1. The highest BCUT2D eigenvalue weighted by Gasteiger charge is 2.32. The minimum absolute atomic E-state index is 0.146. The van der Waals surface area contributed by atoms with E-state index in [1.807, 2.05) is 13.8 Å². The van der Waals surface area contributed by atoms with Gasteiger partial charge in [-0.15, -0.1) is 0 Å². The summed E-state index contributed by atoms with van der Waals surface area (Å²) in [4.78, 5) is 16.2. The van der Waals surface area contributed by atoms with Crippen molar-refractivity contribution in [2.75, 3.05) is 18.4 Å². The number of aromatic nitrogens is 1. The maximum atomic E-state index is 12.8. The lowest BCUT2D eigenvalue weighted by atomic mass is 10.2. The monoisotopic (exact) mass is 375 g/mol. The zero-order chi connectivity index (χ0) is 18.7. The number of sulfonamides is 1. The first-order valence-electron chi connectivity index (χ1n) is 8.33. The summed E-state index contributed by atoms with van der Waals surface area (Å²) >= 11 is 0. The quantitative estimate of drug-likeness (QED) is 0.884. The van der Waals surface area contributed by atoms with E-state index in [1.54, 1.807) is 24.3 Å². The maximum absolute atomic E-state index is 12.8. The summed E-state index contributed by atoms with van der Waals surface area (Å²) in [5, 5.41) is 2.74. The Morgan fingerprint density at radius 2 is 1.65 bits per heavy atom. The molecule has 138 valence electrons. The topological polar surface area (TPSA) is 88.6 Å². The number of hydrogen-bond acceptors (Lipinski definition) is 5. The molecule has 0 unspecified atom stereocenters. The molecule has 0 spiro atoms. The smallest absolute Gasteiger partial charge is 0.255 e. The molecule has 2 heterocycles. The molecule has 1 aromatic carbocycles. The first kappa shape index (κ1) is 18.5. The van der Waals surface area contributed by atoms with Gasteiger partial charge in [-0.2, -0.15) is 4.31 Å². The van der Waals surface area contributed by atoms with Crippen LogP contribution in [0.5, 0.6) is 0 Å². The van der Waals surface area contributed by atoms with E-state index < -0.39 is 10.0 Å². The number of anilines is 1. The van der Waals surface area contributed by atoms with Gasteiger partial charge >= 0.3 is 0 Å². The SMILES string of the molecule is C[C@@H]1CN(S(=O)(=O)c2ccc(NC(=O)c3ccncc3)cc2)C[C@H](C)O1. The van der Waals surface area contributed by atoms with Crippen LogP contribution in [-0.4, -0.2) is 48.9 Å². The molecule has 1 aromatic heterocycles. The summed E-state index contributed by atoms with van der Waals surface area (Å²) in [5.74, 6) is -0.279. The Hall–Kier alpha value is -2.29. The van der Waals surface area contributed by atoms with Gasteiger partial charge in [-0.3, -0.25) is 9.78 Å². The highest BCUT2D eigenvalue weighted by atomic mass is 32.2. The van der Waals surface area contributed by atoms with E-state index in [4.69, 9.17) is 4.74 Å². The second-order valence-electron chi connectivity index (χ2n) is 6.29. The van der Waals surface area contributed by atoms with Crippen LogP contribution in [0, 0.1) is 0 Å². The van der Waals surface area contributed by atoms with Crippen LogP contribution in [0.15, 0.2) is 53.7 Å². The van der Waals surface area contributed by atoms with Crippen molar-refractivity contribution >= 4 is 21.6 Å². The van der Waals surface area contributed by atoms with Crippen LogP contribution >= 0.6 is 0 Å². The number of nitrogens with one attached hydrogen (secondary N) is 1. The number of rotatable bonds is 4. The van der Waals surface area contributed by atoms with Crippen molar-refractivity contribution in [1.29, 1.82) is 0 Å². The van der Waals surface area contributed by atoms with Gasteiger partial charge in [0, 0.05) is 36.7 Å². The second kappa shape index (κ2) is 7.53. The predicted molar refractivity (Wildman–Crippen MR) is 97.4 cm³/mol. The maximum Gasteiger partial charge on any atom is 0.255 e. The molecule has 8 heteroatoms. The van der Waals surface area contributed by atoms with E-state index in [-0.39, 0.29) is 23.0 Å². The van der Waals surface area contributed by atoms with Gasteiger partial charge in [-0.25, -0.2) is 8.42 Å². The molecular formula is C18H21N3O4S. The van der Waals surface area contributed by atoms with E-state index in [9.17, 15) is 13.2 Å². The first-order chi connectivity index (χ1) is 12.4. The molecule has 1 aliphatic rings. The molecule has 7 nitrogen and oxygen atoms in total. The summed E-state index contributed by atoms with van der Waals surface area (Å²) in [6.07, 6.45) is 2.78. The average Bonchev–Trinajstić information content (AvgIpc) is 2.62. The van der Waals surface area contributed by atoms with Crippen molar-refractivity contribution < 1.29 is 17.9 Å². The first-order valence-corrected chi connectivity index (χ1v) is 9.77. The largest absolute Gasteiger partial charge is 0.373 e. The number of amides is 1. The molecule has 26 heavy (non-hydrogen) atoms. The molecule has 0 bridgehead atoms. The standard InChI is InChI=1S/C18H21N3O4S/c1-13-11-21(12-14(2)25-13)26(23,24)17-5-3-16(4-6-17)20-18(22)15-7-9-19-10-8-15/h3-10,13-14H,11-12H2,1-2H3,(H,20,22)/t13-,14+. The fourth-order valence-corrected chi connectivity index (χ4v) is 4.48. The molecule has 1 fully saturated rings. The molecule has 2 aromatic rings. The number of pyridine rings is 1. The molecule has 1 saturated heterocycles. The van der Waals surface area contributed by atoms with E-state index in [0.717, 1.165) is 0 Å². The third kappa shape index (κ3) is 4.09. The minimum Gasteiger partial charge on any atom is -0.373 e. The van der Waals surface area contributed by atoms with Crippen LogP contribution in [0.3, 0.4) is 0 Å². The lowest BCUT2D eigenvalue weighted by Crippen LogP contribution is -2.48. The number of benzene rings is 1. The van der Waals surface area contributed by atoms with Crippen LogP contribution in [-0.2, 0) is 14.8 Å². The third-order valence-electron chi connectivity index (χ3n) is 4.08. The lowest BCUT2D eigenvalue weighted by Gasteiger charge is -2.34. The van der Waals surface area contributed by atoms with Crippen molar-refractivity contribution in [3.63, 3.8) is 0 Å². The van der Waals surface area contributed by atoms with Gasteiger partial charge in [-0.05, 0) is 50.2 Å². The number of ether oxygens (including phenoxy) is 1. The fourth-order valence-electron chi connectivity index (χ4n) is 2.89. The Kier molecular flexibility index (Phi) is 5.36. The minimum atomic E-state index is -3.59. The predicted octanol–water partition coefficient (Wildman–Crippen LogP) is 2.13. The van der Waals surface area contributed by atoms with Gasteiger partial charge < -0.3 is 10.1 Å². The van der Waals surface area contributed by atoms with Crippen molar-refractivity contribution in [3.05, 3.63) is 54.4 Å². The van der Waals surface area contributed by atoms with Crippen LogP contribution in [0.25, 0.3) is 0 Å². The van der Waals surface area contributed by atoms with E-state index in [2.05, 4.69) is 10.3 Å². The molecule has 0 radical (unpaired) electrons. The Morgan fingerprint density at radius 3 is 2.23 bits per heavy atom. The Bertz CT molecular complexity index is 859. The molecule has 0 aliphatic carbocycles. The molecular weight excluding hydrogens is 354 g/mol. The molecule has 1 N–H and O–H groups in total. The van der Waals surface area contributed by atoms with Crippen LogP contribution in [0.1, 0.15) is 24.2 Å². The van der Waals surface area contributed by atoms with Gasteiger partial charge in [0.1, 0.15) is 0 Å². The average molecular weight is 375 g/mol. The highest BCUT2D eigenvalue weighted by molar-refractivity contribution is 7.89. The van der Waals surface area contributed by atoms with Gasteiger partial charge in [0.2, 0.25) is 10.0 Å². The van der Waals surface area contributed by atoms with Crippen LogP contribution < -0.4 is 5.32 Å². The fraction of sp³-hybridized carbons (Fsp3) is 0.333. The summed E-state index contributed by atoms with van der Waals surface area (Å²) in [6.45, 7) is 4.37. The molecule has 0 saturated carbocycles. The Labute approximate surface area is 153 Å². The molecule has 1 aliphatic heterocycles. The summed E-state index contributed by atoms with van der Waals surface area (Å²) in [5.41, 5.74) is 1.00. The highest BCUT2D eigenvalue weighted by Crippen LogP contribution is 2.22. The van der Waals surface area contributed by atoms with Crippen molar-refractivity contribution in [3.8, 4) is 0 Å². The van der Waals surface area contributed by atoms with Gasteiger partial charge in [0.05, 0.1) is 17.1 Å². The van der Waals surface area contributed by atoms with E-state index in [0.29, 0.717) is 24.3 Å². The number of morpholine rings is 1. The summed E-state index contributed by atoms with van der Waals surface area (Å²) in [6, 6.07) is 9.38. The molecule has 2 atom stereocenters. The van der Waals surface area contributed by atoms with Crippen molar-refractivity contribution in [2.45, 2.75) is 31.0 Å². The Balaban J connectivity index is 1.73. The van der Waals surface area contributed by atoms with Gasteiger partial charge in [0.25, 0.3) is 5.91 Å². The van der Waals surface area contributed by atoms with Crippen molar-refractivity contribution in [1.82, 2.24) is 9.29 Å². The van der Waals surface area contributed by atoms with Crippen molar-refractivity contribution in [2.24, 2.45) is 0 Å². The number of nitrogens with zero attached hydrogens (tertiary/aromatic N) is 2. The summed E-state index contributed by atoms with van der Waals surface area (Å²) < 4.78 is 32.7.